The molecule has 0 unspecified atom stereocenters. The van der Waals surface area contributed by atoms with Crippen molar-refractivity contribution in [3.8, 4) is 0 Å². The van der Waals surface area contributed by atoms with Gasteiger partial charge in [-0.3, -0.25) is 4.79 Å². The summed E-state index contributed by atoms with van der Waals surface area (Å²) in [5.41, 5.74) is 2.03. The van der Waals surface area contributed by atoms with Crippen LogP contribution in [0.1, 0.15) is 10.5 Å². The summed E-state index contributed by atoms with van der Waals surface area (Å²) in [5, 5.41) is 4.35. The van der Waals surface area contributed by atoms with E-state index in [1.165, 1.54) is 0 Å². The fraction of sp³-hybridized carbons (Fsp3) is 0. The molecule has 3 rings (SSSR count). The maximum absolute atomic E-state index is 12.1. The fourth-order valence-corrected chi connectivity index (χ4v) is 2.19. The standard InChI is InChI=1S/C15H11ClN2O/c16-12-8-4-5-10-9-13(18-14(10)12)15(19)17-11-6-2-1-3-7-11/h1-9,18H,(H,17,19). The molecule has 0 aliphatic heterocycles. The number of hydrogen-bond acceptors (Lipinski definition) is 1. The van der Waals surface area contributed by atoms with Crippen LogP contribution in [0, 0.1) is 0 Å². The van der Waals surface area contributed by atoms with E-state index in [4.69, 9.17) is 11.6 Å². The molecule has 0 fully saturated rings. The van der Waals surface area contributed by atoms with Gasteiger partial charge in [-0.25, -0.2) is 0 Å². The van der Waals surface area contributed by atoms with Gasteiger partial charge in [0.2, 0.25) is 0 Å². The lowest BCUT2D eigenvalue weighted by molar-refractivity contribution is 0.102. The van der Waals surface area contributed by atoms with Crippen molar-refractivity contribution >= 4 is 34.1 Å². The molecule has 0 spiro atoms. The van der Waals surface area contributed by atoms with Crippen molar-refractivity contribution in [2.45, 2.75) is 0 Å². The number of benzene rings is 2. The van der Waals surface area contributed by atoms with E-state index in [0.29, 0.717) is 10.7 Å². The van der Waals surface area contributed by atoms with Crippen molar-refractivity contribution in [1.82, 2.24) is 4.98 Å². The molecule has 0 radical (unpaired) electrons. The highest BCUT2D eigenvalue weighted by Crippen LogP contribution is 2.23. The minimum absolute atomic E-state index is 0.182. The summed E-state index contributed by atoms with van der Waals surface area (Å²) < 4.78 is 0. The van der Waals surface area contributed by atoms with Gasteiger partial charge in [-0.05, 0) is 24.3 Å². The van der Waals surface area contributed by atoms with Crippen molar-refractivity contribution in [1.29, 1.82) is 0 Å². The van der Waals surface area contributed by atoms with Crippen molar-refractivity contribution in [2.75, 3.05) is 5.32 Å². The van der Waals surface area contributed by atoms with Gasteiger partial charge in [0, 0.05) is 11.1 Å². The van der Waals surface area contributed by atoms with E-state index in [9.17, 15) is 4.79 Å². The van der Waals surface area contributed by atoms with Crippen LogP contribution < -0.4 is 5.32 Å². The first kappa shape index (κ1) is 11.8. The van der Waals surface area contributed by atoms with E-state index in [2.05, 4.69) is 10.3 Å². The lowest BCUT2D eigenvalue weighted by atomic mass is 10.2. The fourth-order valence-electron chi connectivity index (χ4n) is 1.96. The molecule has 4 heteroatoms. The quantitative estimate of drug-likeness (QED) is 0.724. The zero-order valence-electron chi connectivity index (χ0n) is 9.98. The third kappa shape index (κ3) is 2.33. The van der Waals surface area contributed by atoms with Gasteiger partial charge in [-0.2, -0.15) is 0 Å². The van der Waals surface area contributed by atoms with Crippen molar-refractivity contribution in [3.05, 3.63) is 65.3 Å². The molecular weight excluding hydrogens is 260 g/mol. The lowest BCUT2D eigenvalue weighted by Gasteiger charge is -2.02. The summed E-state index contributed by atoms with van der Waals surface area (Å²) in [6.45, 7) is 0. The van der Waals surface area contributed by atoms with E-state index in [0.717, 1.165) is 16.6 Å². The van der Waals surface area contributed by atoms with Gasteiger partial charge in [0.25, 0.3) is 5.91 Å². The highest BCUT2D eigenvalue weighted by Gasteiger charge is 2.10. The number of fused-ring (bicyclic) bond motifs is 1. The first-order valence-electron chi connectivity index (χ1n) is 5.88. The predicted molar refractivity (Wildman–Crippen MR) is 77.7 cm³/mol. The number of anilines is 1. The second-order valence-corrected chi connectivity index (χ2v) is 4.61. The number of carbonyl (C=O) groups is 1. The van der Waals surface area contributed by atoms with Gasteiger partial charge in [0.1, 0.15) is 5.69 Å². The number of halogens is 1. The van der Waals surface area contributed by atoms with Gasteiger partial charge < -0.3 is 10.3 Å². The molecule has 0 saturated heterocycles. The molecule has 2 N–H and O–H groups in total. The summed E-state index contributed by atoms with van der Waals surface area (Å²) in [5.74, 6) is -0.182. The molecule has 0 aliphatic rings. The number of aromatic nitrogens is 1. The molecule has 1 heterocycles. The van der Waals surface area contributed by atoms with Crippen LogP contribution in [0.15, 0.2) is 54.6 Å². The maximum atomic E-state index is 12.1. The second-order valence-electron chi connectivity index (χ2n) is 4.21. The van der Waals surface area contributed by atoms with Crippen LogP contribution in [-0.4, -0.2) is 10.9 Å². The minimum Gasteiger partial charge on any atom is -0.349 e. The van der Waals surface area contributed by atoms with E-state index in [-0.39, 0.29) is 5.91 Å². The Bertz CT molecular complexity index is 734. The Kier molecular flexibility index (Phi) is 2.97. The van der Waals surface area contributed by atoms with Gasteiger partial charge in [-0.15, -0.1) is 0 Å². The van der Waals surface area contributed by atoms with Crippen molar-refractivity contribution in [3.63, 3.8) is 0 Å². The molecule has 0 aliphatic carbocycles. The van der Waals surface area contributed by atoms with Crippen LogP contribution in [-0.2, 0) is 0 Å². The zero-order chi connectivity index (χ0) is 13.2. The average Bonchev–Trinajstić information content (AvgIpc) is 2.85. The van der Waals surface area contributed by atoms with Gasteiger partial charge in [-0.1, -0.05) is 41.9 Å². The minimum atomic E-state index is -0.182. The van der Waals surface area contributed by atoms with Gasteiger partial charge in [0.15, 0.2) is 0 Å². The Morgan fingerprint density at radius 2 is 1.84 bits per heavy atom. The molecule has 2 aromatic carbocycles. The second kappa shape index (κ2) is 4.78. The monoisotopic (exact) mass is 270 g/mol. The third-order valence-corrected chi connectivity index (χ3v) is 3.20. The number of carbonyl (C=O) groups excluding carboxylic acids is 1. The Hall–Kier alpha value is -2.26. The average molecular weight is 271 g/mol. The Morgan fingerprint density at radius 1 is 1.05 bits per heavy atom. The highest BCUT2D eigenvalue weighted by molar-refractivity contribution is 6.35. The van der Waals surface area contributed by atoms with Gasteiger partial charge >= 0.3 is 0 Å². The number of amides is 1. The molecule has 0 bridgehead atoms. The number of aromatic amines is 1. The van der Waals surface area contributed by atoms with Crippen LogP contribution in [0.2, 0.25) is 5.02 Å². The molecule has 1 aromatic heterocycles. The van der Waals surface area contributed by atoms with Crippen molar-refractivity contribution < 1.29 is 4.79 Å². The van der Waals surface area contributed by atoms with Gasteiger partial charge in [0.05, 0.1) is 10.5 Å². The molecule has 0 atom stereocenters. The van der Waals surface area contributed by atoms with Crippen LogP contribution in [0.25, 0.3) is 10.9 Å². The van der Waals surface area contributed by atoms with E-state index >= 15 is 0 Å². The zero-order valence-corrected chi connectivity index (χ0v) is 10.7. The molecule has 3 aromatic rings. The van der Waals surface area contributed by atoms with E-state index in [1.54, 1.807) is 12.1 Å². The lowest BCUT2D eigenvalue weighted by Crippen LogP contribution is -2.11. The third-order valence-electron chi connectivity index (χ3n) is 2.88. The number of rotatable bonds is 2. The molecule has 19 heavy (non-hydrogen) atoms. The van der Waals surface area contributed by atoms with Crippen LogP contribution in [0.4, 0.5) is 5.69 Å². The first-order chi connectivity index (χ1) is 9.24. The summed E-state index contributed by atoms with van der Waals surface area (Å²) in [6.07, 6.45) is 0. The van der Waals surface area contributed by atoms with Crippen LogP contribution >= 0.6 is 11.6 Å². The van der Waals surface area contributed by atoms with Crippen LogP contribution in [0.3, 0.4) is 0 Å². The predicted octanol–water partition coefficient (Wildman–Crippen LogP) is 4.07. The topological polar surface area (TPSA) is 44.9 Å². The highest BCUT2D eigenvalue weighted by atomic mass is 35.5. The number of para-hydroxylation sites is 2. The van der Waals surface area contributed by atoms with Crippen molar-refractivity contribution in [2.24, 2.45) is 0 Å². The number of H-pyrrole nitrogens is 1. The summed E-state index contributed by atoms with van der Waals surface area (Å²) in [4.78, 5) is 15.1. The molecule has 3 nitrogen and oxygen atoms in total. The molecule has 0 saturated carbocycles. The normalized spacial score (nSPS) is 10.6. The van der Waals surface area contributed by atoms with Crippen LogP contribution in [0.5, 0.6) is 0 Å². The maximum Gasteiger partial charge on any atom is 0.272 e. The smallest absolute Gasteiger partial charge is 0.272 e. The summed E-state index contributed by atoms with van der Waals surface area (Å²) in [7, 11) is 0. The molecule has 94 valence electrons. The molecule has 1 amide bonds. The Balaban J connectivity index is 1.92. The van der Waals surface area contributed by atoms with E-state index < -0.39 is 0 Å². The number of nitrogens with one attached hydrogen (secondary N) is 2. The Labute approximate surface area is 115 Å². The molecular formula is C15H11ClN2O. The Morgan fingerprint density at radius 3 is 2.58 bits per heavy atom. The van der Waals surface area contributed by atoms with E-state index in [1.807, 2.05) is 42.5 Å². The summed E-state index contributed by atoms with van der Waals surface area (Å²) >= 11 is 6.07. The number of hydrogen-bond donors (Lipinski definition) is 2. The largest absolute Gasteiger partial charge is 0.349 e. The first-order valence-corrected chi connectivity index (χ1v) is 6.25. The summed E-state index contributed by atoms with van der Waals surface area (Å²) in [6, 6.07) is 16.7. The SMILES string of the molecule is O=C(Nc1ccccc1)c1cc2cccc(Cl)c2[nH]1.